The normalized spacial score (nSPS) is 11.8. The number of hydrogen-bond donors (Lipinski definition) is 3. The molecule has 0 aliphatic rings. The largest absolute Gasteiger partial charge is 0.494 e. The molecule has 0 saturated heterocycles. The first-order valence-corrected chi connectivity index (χ1v) is 6.95. The Morgan fingerprint density at radius 1 is 1.24 bits per heavy atom. The van der Waals surface area contributed by atoms with E-state index in [1.54, 1.807) is 13.8 Å². The van der Waals surface area contributed by atoms with Crippen molar-refractivity contribution >= 4 is 12.0 Å². The van der Waals surface area contributed by atoms with E-state index in [0.29, 0.717) is 19.6 Å². The predicted octanol–water partition coefficient (Wildman–Crippen LogP) is 1.86. The monoisotopic (exact) mass is 294 g/mol. The maximum absolute atomic E-state index is 11.6. The maximum Gasteiger partial charge on any atom is 0.326 e. The molecule has 0 bridgehead atoms. The van der Waals surface area contributed by atoms with Gasteiger partial charge in [0, 0.05) is 6.54 Å². The van der Waals surface area contributed by atoms with E-state index in [0.717, 1.165) is 5.75 Å². The highest BCUT2D eigenvalue weighted by Gasteiger charge is 2.22. The molecule has 0 spiro atoms. The highest BCUT2D eigenvalue weighted by Crippen LogP contribution is 2.08. The third-order valence-corrected chi connectivity index (χ3v) is 2.84. The molecule has 21 heavy (non-hydrogen) atoms. The summed E-state index contributed by atoms with van der Waals surface area (Å²) < 4.78 is 5.48. The SMILES string of the molecule is CC(C)[C@@H](NC(=O)NCCCOc1ccccc1)C(=O)O. The molecular formula is C15H22N2O4. The molecule has 0 aliphatic heterocycles. The van der Waals surface area contributed by atoms with Crippen LogP contribution in [0.5, 0.6) is 5.75 Å². The summed E-state index contributed by atoms with van der Waals surface area (Å²) in [5.74, 6) is -0.421. The zero-order valence-corrected chi connectivity index (χ0v) is 12.3. The molecule has 0 unspecified atom stereocenters. The van der Waals surface area contributed by atoms with Crippen molar-refractivity contribution in [3.8, 4) is 5.75 Å². The number of carbonyl (C=O) groups excluding carboxylic acids is 1. The van der Waals surface area contributed by atoms with Gasteiger partial charge in [0.2, 0.25) is 0 Å². The van der Waals surface area contributed by atoms with Crippen molar-refractivity contribution in [1.29, 1.82) is 0 Å². The third kappa shape index (κ3) is 6.65. The molecule has 1 rings (SSSR count). The summed E-state index contributed by atoms with van der Waals surface area (Å²) >= 11 is 0. The average molecular weight is 294 g/mol. The number of urea groups is 1. The Morgan fingerprint density at radius 2 is 1.90 bits per heavy atom. The minimum atomic E-state index is -1.03. The Kier molecular flexibility index (Phi) is 7.08. The second kappa shape index (κ2) is 8.84. The lowest BCUT2D eigenvalue weighted by Gasteiger charge is -2.18. The lowest BCUT2D eigenvalue weighted by atomic mass is 10.1. The summed E-state index contributed by atoms with van der Waals surface area (Å²) in [4.78, 5) is 22.5. The van der Waals surface area contributed by atoms with E-state index in [-0.39, 0.29) is 5.92 Å². The van der Waals surface area contributed by atoms with E-state index in [9.17, 15) is 9.59 Å². The van der Waals surface area contributed by atoms with Gasteiger partial charge in [-0.1, -0.05) is 32.0 Å². The third-order valence-electron chi connectivity index (χ3n) is 2.84. The molecule has 1 atom stereocenters. The van der Waals surface area contributed by atoms with Crippen LogP contribution in [0, 0.1) is 5.92 Å². The molecule has 116 valence electrons. The molecule has 0 aliphatic carbocycles. The molecule has 0 saturated carbocycles. The van der Waals surface area contributed by atoms with Gasteiger partial charge >= 0.3 is 12.0 Å². The van der Waals surface area contributed by atoms with Crippen molar-refractivity contribution in [3.05, 3.63) is 30.3 Å². The van der Waals surface area contributed by atoms with Gasteiger partial charge in [-0.15, -0.1) is 0 Å². The van der Waals surface area contributed by atoms with E-state index < -0.39 is 18.0 Å². The van der Waals surface area contributed by atoms with Crippen LogP contribution in [0.1, 0.15) is 20.3 Å². The molecule has 0 fully saturated rings. The van der Waals surface area contributed by atoms with E-state index in [1.807, 2.05) is 30.3 Å². The molecular weight excluding hydrogens is 272 g/mol. The van der Waals surface area contributed by atoms with Crippen LogP contribution >= 0.6 is 0 Å². The number of ether oxygens (including phenoxy) is 1. The van der Waals surface area contributed by atoms with Gasteiger partial charge in [-0.05, 0) is 24.5 Å². The fourth-order valence-corrected chi connectivity index (χ4v) is 1.69. The number of para-hydroxylation sites is 1. The first-order valence-electron chi connectivity index (χ1n) is 6.95. The standard InChI is InChI=1S/C15H22N2O4/c1-11(2)13(14(18)19)17-15(20)16-9-6-10-21-12-7-4-3-5-8-12/h3-5,7-8,11,13H,6,9-10H2,1-2H3,(H,18,19)(H2,16,17,20)/t13-/m1/s1. The van der Waals surface area contributed by atoms with Gasteiger partial charge in [-0.2, -0.15) is 0 Å². The quantitative estimate of drug-likeness (QED) is 0.639. The number of benzene rings is 1. The Morgan fingerprint density at radius 3 is 2.48 bits per heavy atom. The smallest absolute Gasteiger partial charge is 0.326 e. The second-order valence-corrected chi connectivity index (χ2v) is 4.98. The fraction of sp³-hybridized carbons (Fsp3) is 0.467. The summed E-state index contributed by atoms with van der Waals surface area (Å²) in [5, 5.41) is 14.0. The van der Waals surface area contributed by atoms with Crippen molar-refractivity contribution in [2.45, 2.75) is 26.3 Å². The fourth-order valence-electron chi connectivity index (χ4n) is 1.69. The Hall–Kier alpha value is -2.24. The second-order valence-electron chi connectivity index (χ2n) is 4.98. The van der Waals surface area contributed by atoms with Gasteiger partial charge in [-0.25, -0.2) is 9.59 Å². The highest BCUT2D eigenvalue weighted by atomic mass is 16.5. The van der Waals surface area contributed by atoms with Gasteiger partial charge in [-0.3, -0.25) is 0 Å². The molecule has 0 heterocycles. The molecule has 0 radical (unpaired) electrons. The van der Waals surface area contributed by atoms with Crippen LogP contribution in [-0.4, -0.2) is 36.3 Å². The van der Waals surface area contributed by atoms with Gasteiger partial charge in [0.25, 0.3) is 0 Å². The molecule has 1 aromatic carbocycles. The lowest BCUT2D eigenvalue weighted by molar-refractivity contribution is -0.140. The molecule has 6 heteroatoms. The van der Waals surface area contributed by atoms with Crippen molar-refractivity contribution in [1.82, 2.24) is 10.6 Å². The van der Waals surface area contributed by atoms with E-state index >= 15 is 0 Å². The minimum absolute atomic E-state index is 0.172. The average Bonchev–Trinajstić information content (AvgIpc) is 2.45. The summed E-state index contributed by atoms with van der Waals surface area (Å²) in [7, 11) is 0. The van der Waals surface area contributed by atoms with Crippen LogP contribution in [-0.2, 0) is 4.79 Å². The summed E-state index contributed by atoms with van der Waals surface area (Å²) in [5.41, 5.74) is 0. The van der Waals surface area contributed by atoms with Crippen molar-refractivity contribution in [2.24, 2.45) is 5.92 Å². The number of rotatable bonds is 8. The Balaban J connectivity index is 2.17. The molecule has 3 N–H and O–H groups in total. The number of amides is 2. The van der Waals surface area contributed by atoms with Crippen LogP contribution in [0.15, 0.2) is 30.3 Å². The lowest BCUT2D eigenvalue weighted by Crippen LogP contribution is -2.48. The maximum atomic E-state index is 11.6. The van der Waals surface area contributed by atoms with Crippen molar-refractivity contribution in [2.75, 3.05) is 13.2 Å². The van der Waals surface area contributed by atoms with Gasteiger partial charge in [0.15, 0.2) is 0 Å². The first kappa shape index (κ1) is 16.8. The summed E-state index contributed by atoms with van der Waals surface area (Å²) in [6, 6.07) is 8.05. The number of aliphatic carboxylic acids is 1. The number of hydrogen-bond acceptors (Lipinski definition) is 3. The van der Waals surface area contributed by atoms with E-state index in [4.69, 9.17) is 9.84 Å². The zero-order valence-electron chi connectivity index (χ0n) is 12.3. The van der Waals surface area contributed by atoms with Crippen LogP contribution in [0.4, 0.5) is 4.79 Å². The highest BCUT2D eigenvalue weighted by molar-refractivity contribution is 5.82. The van der Waals surface area contributed by atoms with Gasteiger partial charge in [0.05, 0.1) is 6.61 Å². The summed E-state index contributed by atoms with van der Waals surface area (Å²) in [6.07, 6.45) is 0.641. The molecule has 6 nitrogen and oxygen atoms in total. The van der Waals surface area contributed by atoms with Gasteiger partial charge in [0.1, 0.15) is 11.8 Å². The van der Waals surface area contributed by atoms with Crippen LogP contribution in [0.2, 0.25) is 0 Å². The van der Waals surface area contributed by atoms with Crippen molar-refractivity contribution < 1.29 is 19.4 Å². The topological polar surface area (TPSA) is 87.7 Å². The van der Waals surface area contributed by atoms with Crippen LogP contribution in [0.3, 0.4) is 0 Å². The number of carboxylic acids is 1. The van der Waals surface area contributed by atoms with E-state index in [1.165, 1.54) is 0 Å². The van der Waals surface area contributed by atoms with E-state index in [2.05, 4.69) is 10.6 Å². The zero-order chi connectivity index (χ0) is 15.7. The number of carboxylic acid groups (broad SMARTS) is 1. The van der Waals surface area contributed by atoms with Crippen molar-refractivity contribution in [3.63, 3.8) is 0 Å². The number of nitrogens with one attached hydrogen (secondary N) is 2. The van der Waals surface area contributed by atoms with Crippen LogP contribution in [0.25, 0.3) is 0 Å². The first-order chi connectivity index (χ1) is 10.0. The van der Waals surface area contributed by atoms with Gasteiger partial charge < -0.3 is 20.5 Å². The minimum Gasteiger partial charge on any atom is -0.494 e. The van der Waals surface area contributed by atoms with Crippen LogP contribution < -0.4 is 15.4 Å². The number of carbonyl (C=O) groups is 2. The molecule has 0 aromatic heterocycles. The molecule has 1 aromatic rings. The predicted molar refractivity (Wildman–Crippen MR) is 79.4 cm³/mol. The molecule has 2 amide bonds. The Bertz CT molecular complexity index is 448. The Labute approximate surface area is 124 Å². The summed E-state index contributed by atoms with van der Waals surface area (Å²) in [6.45, 7) is 4.39.